The molecule has 0 saturated carbocycles. The average molecular weight is 487 g/mol. The molecule has 0 aliphatic heterocycles. The topological polar surface area (TPSA) is 137 Å². The van der Waals surface area contributed by atoms with Crippen LogP contribution in [0.15, 0.2) is 78.0 Å². The van der Waals surface area contributed by atoms with Gasteiger partial charge in [-0.05, 0) is 42.0 Å². The van der Waals surface area contributed by atoms with Crippen molar-refractivity contribution in [1.29, 1.82) is 0 Å². The van der Waals surface area contributed by atoms with Gasteiger partial charge in [0.15, 0.2) is 5.03 Å². The van der Waals surface area contributed by atoms with E-state index in [2.05, 4.69) is 20.3 Å². The van der Waals surface area contributed by atoms with Gasteiger partial charge in [0.1, 0.15) is 11.9 Å². The number of nitrogens with one attached hydrogen (secondary N) is 3. The number of hydrogen-bond donors (Lipinski definition) is 4. The minimum absolute atomic E-state index is 0.155. The van der Waals surface area contributed by atoms with Gasteiger partial charge in [-0.3, -0.25) is 9.59 Å². The molecule has 4 N–H and O–H groups in total. The SMILES string of the molecule is O=C(N[C@@H](Cc1ccccc1)C(=O)Nc1ccc(S(=O)(=O)NCCO)nc1)c1ccc(F)cc1. The van der Waals surface area contributed by atoms with Crippen LogP contribution in [0.5, 0.6) is 0 Å². The highest BCUT2D eigenvalue weighted by Gasteiger charge is 2.23. The highest BCUT2D eigenvalue weighted by molar-refractivity contribution is 7.89. The van der Waals surface area contributed by atoms with Crippen molar-refractivity contribution in [2.75, 3.05) is 18.5 Å². The van der Waals surface area contributed by atoms with Crippen LogP contribution in [0.3, 0.4) is 0 Å². The summed E-state index contributed by atoms with van der Waals surface area (Å²) in [5.74, 6) is -1.58. The van der Waals surface area contributed by atoms with Gasteiger partial charge in [-0.1, -0.05) is 30.3 Å². The molecule has 0 spiro atoms. The second-order valence-electron chi connectivity index (χ2n) is 7.22. The van der Waals surface area contributed by atoms with Crippen molar-refractivity contribution in [3.8, 4) is 0 Å². The summed E-state index contributed by atoms with van der Waals surface area (Å²) >= 11 is 0. The Morgan fingerprint density at radius 1 is 1.00 bits per heavy atom. The van der Waals surface area contributed by atoms with E-state index in [-0.39, 0.29) is 35.8 Å². The van der Waals surface area contributed by atoms with Crippen molar-refractivity contribution in [3.05, 3.63) is 89.9 Å². The van der Waals surface area contributed by atoms with Crippen LogP contribution in [0.1, 0.15) is 15.9 Å². The van der Waals surface area contributed by atoms with Crippen LogP contribution < -0.4 is 15.4 Å². The number of aliphatic hydroxyl groups excluding tert-OH is 1. The van der Waals surface area contributed by atoms with E-state index in [4.69, 9.17) is 5.11 Å². The Morgan fingerprint density at radius 2 is 1.71 bits per heavy atom. The summed E-state index contributed by atoms with van der Waals surface area (Å²) in [7, 11) is -3.89. The number of hydrogen-bond acceptors (Lipinski definition) is 6. The first-order chi connectivity index (χ1) is 16.3. The normalized spacial score (nSPS) is 12.1. The molecule has 0 bridgehead atoms. The number of halogens is 1. The fourth-order valence-electron chi connectivity index (χ4n) is 3.00. The highest BCUT2D eigenvalue weighted by atomic mass is 32.2. The monoisotopic (exact) mass is 486 g/mol. The first-order valence-electron chi connectivity index (χ1n) is 10.3. The predicted molar refractivity (Wildman–Crippen MR) is 123 cm³/mol. The fraction of sp³-hybridized carbons (Fsp3) is 0.174. The van der Waals surface area contributed by atoms with E-state index in [0.717, 1.165) is 17.7 Å². The second kappa shape index (κ2) is 11.5. The van der Waals surface area contributed by atoms with Gasteiger partial charge in [-0.15, -0.1) is 0 Å². The smallest absolute Gasteiger partial charge is 0.258 e. The lowest BCUT2D eigenvalue weighted by Gasteiger charge is -2.19. The van der Waals surface area contributed by atoms with Crippen LogP contribution in [0, 0.1) is 5.82 Å². The molecule has 3 aromatic rings. The van der Waals surface area contributed by atoms with Crippen LogP contribution in [-0.2, 0) is 21.2 Å². The minimum Gasteiger partial charge on any atom is -0.395 e. The Morgan fingerprint density at radius 3 is 2.32 bits per heavy atom. The maximum absolute atomic E-state index is 13.2. The molecular weight excluding hydrogens is 463 g/mol. The highest BCUT2D eigenvalue weighted by Crippen LogP contribution is 2.13. The molecule has 1 heterocycles. The molecule has 11 heteroatoms. The van der Waals surface area contributed by atoms with Crippen molar-refractivity contribution in [2.45, 2.75) is 17.5 Å². The predicted octanol–water partition coefficient (Wildman–Crippen LogP) is 1.47. The van der Waals surface area contributed by atoms with Gasteiger partial charge in [0.2, 0.25) is 5.91 Å². The van der Waals surface area contributed by atoms with Crippen molar-refractivity contribution in [3.63, 3.8) is 0 Å². The van der Waals surface area contributed by atoms with E-state index in [1.165, 1.54) is 30.5 Å². The second-order valence-corrected chi connectivity index (χ2v) is 8.93. The molecule has 0 aliphatic rings. The van der Waals surface area contributed by atoms with Crippen LogP contribution >= 0.6 is 0 Å². The molecule has 9 nitrogen and oxygen atoms in total. The van der Waals surface area contributed by atoms with E-state index in [9.17, 15) is 22.4 Å². The van der Waals surface area contributed by atoms with E-state index < -0.39 is 33.7 Å². The van der Waals surface area contributed by atoms with Crippen molar-refractivity contribution >= 4 is 27.5 Å². The summed E-state index contributed by atoms with van der Waals surface area (Å²) in [6.07, 6.45) is 1.36. The van der Waals surface area contributed by atoms with E-state index >= 15 is 0 Å². The number of nitrogens with zero attached hydrogens (tertiary/aromatic N) is 1. The van der Waals surface area contributed by atoms with Gasteiger partial charge >= 0.3 is 0 Å². The van der Waals surface area contributed by atoms with Crippen molar-refractivity contribution in [1.82, 2.24) is 15.0 Å². The Hall–Kier alpha value is -3.67. The number of aromatic nitrogens is 1. The molecule has 34 heavy (non-hydrogen) atoms. The third-order valence-electron chi connectivity index (χ3n) is 4.69. The first kappa shape index (κ1) is 25.0. The number of sulfonamides is 1. The summed E-state index contributed by atoms with van der Waals surface area (Å²) in [6, 6.07) is 15.6. The van der Waals surface area contributed by atoms with Gasteiger partial charge in [0.05, 0.1) is 18.5 Å². The standard InChI is InChI=1S/C23H23FN4O5S/c24-18-8-6-17(7-9-18)22(30)28-20(14-16-4-2-1-3-5-16)23(31)27-19-10-11-21(25-15-19)34(32,33)26-12-13-29/h1-11,15,20,26,29H,12-14H2,(H,27,31)(H,28,30)/t20-/m0/s1. The number of rotatable bonds is 10. The summed E-state index contributed by atoms with van der Waals surface area (Å²) in [5.41, 5.74) is 1.22. The number of carbonyl (C=O) groups is 2. The van der Waals surface area contributed by atoms with E-state index in [1.807, 2.05) is 18.2 Å². The summed E-state index contributed by atoms with van der Waals surface area (Å²) in [5, 5.41) is 13.8. The maximum atomic E-state index is 13.2. The number of aliphatic hydroxyl groups is 1. The lowest BCUT2D eigenvalue weighted by molar-refractivity contribution is -0.118. The molecular formula is C23H23FN4O5S. The molecule has 2 aromatic carbocycles. The Labute approximate surface area is 196 Å². The molecule has 0 aliphatic carbocycles. The third kappa shape index (κ3) is 6.91. The number of carbonyl (C=O) groups excluding carboxylic acids is 2. The van der Waals surface area contributed by atoms with Crippen LogP contribution in [-0.4, -0.2) is 49.5 Å². The molecule has 0 unspecified atom stereocenters. The zero-order valence-electron chi connectivity index (χ0n) is 17.9. The zero-order valence-corrected chi connectivity index (χ0v) is 18.8. The molecule has 1 aromatic heterocycles. The Balaban J connectivity index is 1.75. The molecule has 0 fully saturated rings. The molecule has 0 radical (unpaired) electrons. The Bertz CT molecular complexity index is 1220. The quantitative estimate of drug-likeness (QED) is 0.343. The number of benzene rings is 2. The molecule has 0 saturated heterocycles. The number of anilines is 1. The number of amides is 2. The maximum Gasteiger partial charge on any atom is 0.258 e. The van der Waals surface area contributed by atoms with Crippen molar-refractivity contribution < 1.29 is 27.5 Å². The van der Waals surface area contributed by atoms with Crippen molar-refractivity contribution in [2.24, 2.45) is 0 Å². The molecule has 178 valence electrons. The third-order valence-corrected chi connectivity index (χ3v) is 6.07. The van der Waals surface area contributed by atoms with Crippen LogP contribution in [0.2, 0.25) is 0 Å². The summed E-state index contributed by atoms with van der Waals surface area (Å²) in [4.78, 5) is 29.5. The first-order valence-corrected chi connectivity index (χ1v) is 11.7. The van der Waals surface area contributed by atoms with Crippen LogP contribution in [0.4, 0.5) is 10.1 Å². The summed E-state index contributed by atoms with van der Waals surface area (Å²) in [6.45, 7) is -0.517. The van der Waals surface area contributed by atoms with E-state index in [1.54, 1.807) is 12.1 Å². The Kier molecular flexibility index (Phi) is 8.41. The van der Waals surface area contributed by atoms with Gasteiger partial charge in [-0.2, -0.15) is 0 Å². The van der Waals surface area contributed by atoms with Gasteiger partial charge in [-0.25, -0.2) is 22.5 Å². The molecule has 2 amide bonds. The lowest BCUT2D eigenvalue weighted by Crippen LogP contribution is -2.45. The van der Waals surface area contributed by atoms with Gasteiger partial charge < -0.3 is 15.7 Å². The largest absolute Gasteiger partial charge is 0.395 e. The summed E-state index contributed by atoms with van der Waals surface area (Å²) < 4.78 is 39.5. The molecule has 3 rings (SSSR count). The minimum atomic E-state index is -3.89. The van der Waals surface area contributed by atoms with Gasteiger partial charge in [0, 0.05) is 18.5 Å². The number of pyridine rings is 1. The lowest BCUT2D eigenvalue weighted by atomic mass is 10.0. The van der Waals surface area contributed by atoms with Gasteiger partial charge in [0.25, 0.3) is 15.9 Å². The van der Waals surface area contributed by atoms with E-state index in [0.29, 0.717) is 0 Å². The average Bonchev–Trinajstić information content (AvgIpc) is 2.83. The fourth-order valence-corrected chi connectivity index (χ4v) is 3.95. The van der Waals surface area contributed by atoms with Crippen LogP contribution in [0.25, 0.3) is 0 Å². The molecule has 1 atom stereocenters. The zero-order chi connectivity index (χ0) is 24.6.